The molecule has 0 radical (unpaired) electrons. The van der Waals surface area contributed by atoms with E-state index in [2.05, 4.69) is 16.4 Å². The molecular weight excluding hydrogens is 288 g/mol. The molecule has 0 bridgehead atoms. The van der Waals surface area contributed by atoms with Crippen molar-refractivity contribution < 1.29 is 14.6 Å². The minimum absolute atomic E-state index is 0.160. The quantitative estimate of drug-likeness (QED) is 0.825. The van der Waals surface area contributed by atoms with E-state index in [1.807, 2.05) is 26.0 Å². The number of nitrogens with zero attached hydrogens (tertiary/aromatic N) is 1. The summed E-state index contributed by atoms with van der Waals surface area (Å²) in [6, 6.07) is 6.03. The highest BCUT2D eigenvalue weighted by Crippen LogP contribution is 2.22. The van der Waals surface area contributed by atoms with E-state index in [9.17, 15) is 9.90 Å². The second-order valence-electron chi connectivity index (χ2n) is 4.77. The molecule has 0 spiro atoms. The third-order valence-corrected chi connectivity index (χ3v) is 4.04. The summed E-state index contributed by atoms with van der Waals surface area (Å²) in [7, 11) is 0. The number of aromatic carboxylic acids is 1. The van der Waals surface area contributed by atoms with Gasteiger partial charge < -0.3 is 20.0 Å². The van der Waals surface area contributed by atoms with Crippen molar-refractivity contribution >= 4 is 22.4 Å². The molecule has 1 N–H and O–H groups in total. The number of hydrogen-bond acceptors (Lipinski definition) is 6. The molecule has 0 atom stereocenters. The summed E-state index contributed by atoms with van der Waals surface area (Å²) < 4.78 is 5.68. The van der Waals surface area contributed by atoms with Gasteiger partial charge in [0.2, 0.25) is 0 Å². The average molecular weight is 305 g/mol. The van der Waals surface area contributed by atoms with E-state index < -0.39 is 5.97 Å². The van der Waals surface area contributed by atoms with Gasteiger partial charge in [-0.05, 0) is 32.4 Å². The molecule has 6 heteroatoms. The number of ether oxygens (including phenoxy) is 1. The van der Waals surface area contributed by atoms with Crippen molar-refractivity contribution in [1.29, 1.82) is 0 Å². The van der Waals surface area contributed by atoms with Crippen LogP contribution in [-0.2, 0) is 0 Å². The third kappa shape index (κ3) is 3.95. The summed E-state index contributed by atoms with van der Waals surface area (Å²) in [4.78, 5) is 15.1. The first-order chi connectivity index (χ1) is 9.97. The fourth-order valence-electron chi connectivity index (χ4n) is 1.94. The number of benzene rings is 1. The molecule has 0 fully saturated rings. The van der Waals surface area contributed by atoms with Crippen LogP contribution in [0.3, 0.4) is 0 Å². The highest BCUT2D eigenvalue weighted by atomic mass is 32.1. The summed E-state index contributed by atoms with van der Waals surface area (Å²) in [5.41, 5.74) is 2.77. The zero-order valence-electron chi connectivity index (χ0n) is 12.2. The van der Waals surface area contributed by atoms with E-state index in [1.54, 1.807) is 6.92 Å². The van der Waals surface area contributed by atoms with Gasteiger partial charge in [0.05, 0.1) is 23.1 Å². The van der Waals surface area contributed by atoms with Crippen molar-refractivity contribution in [1.82, 2.24) is 4.98 Å². The summed E-state index contributed by atoms with van der Waals surface area (Å²) in [6.45, 7) is 6.72. The first kappa shape index (κ1) is 15.3. The monoisotopic (exact) mass is 305 g/mol. The lowest BCUT2D eigenvalue weighted by Crippen LogP contribution is -2.21. The van der Waals surface area contributed by atoms with Gasteiger partial charge in [-0.3, -0.25) is 0 Å². The standard InChI is InChI=1S/C15H18N2O3S/c1-9-4-5-12(10(2)8-9)20-7-6-16-15-17-11(3)13(21-15)14(18)19/h4-5,8H,6-7H2,1-3H3,(H,16,17)(H,18,19)/p-1. The number of thiazole rings is 1. The number of anilines is 1. The molecule has 0 aliphatic carbocycles. The van der Waals surface area contributed by atoms with Gasteiger partial charge in [-0.15, -0.1) is 0 Å². The molecule has 0 aliphatic heterocycles. The first-order valence-corrected chi connectivity index (χ1v) is 7.41. The Morgan fingerprint density at radius 1 is 1.38 bits per heavy atom. The smallest absolute Gasteiger partial charge is 0.183 e. The predicted molar refractivity (Wildman–Crippen MR) is 81.1 cm³/mol. The molecule has 5 nitrogen and oxygen atoms in total. The lowest BCUT2D eigenvalue weighted by atomic mass is 10.1. The number of aryl methyl sites for hydroxylation is 3. The minimum atomic E-state index is -1.19. The second-order valence-corrected chi connectivity index (χ2v) is 5.76. The topological polar surface area (TPSA) is 74.3 Å². The summed E-state index contributed by atoms with van der Waals surface area (Å²) >= 11 is 1.08. The lowest BCUT2D eigenvalue weighted by Gasteiger charge is -2.10. The van der Waals surface area contributed by atoms with E-state index in [0.29, 0.717) is 24.0 Å². The molecule has 0 saturated carbocycles. The average Bonchev–Trinajstić information content (AvgIpc) is 2.78. The summed E-state index contributed by atoms with van der Waals surface area (Å²) in [5.74, 6) is -0.335. The Hall–Kier alpha value is -2.08. The van der Waals surface area contributed by atoms with Crippen LogP contribution < -0.4 is 15.2 Å². The Morgan fingerprint density at radius 2 is 2.14 bits per heavy atom. The van der Waals surface area contributed by atoms with Gasteiger partial charge in [0.1, 0.15) is 12.4 Å². The zero-order valence-corrected chi connectivity index (χ0v) is 13.0. The number of carboxylic acids is 1. The molecule has 112 valence electrons. The van der Waals surface area contributed by atoms with Crippen LogP contribution in [0.4, 0.5) is 5.13 Å². The van der Waals surface area contributed by atoms with Crippen LogP contribution in [-0.4, -0.2) is 24.1 Å². The van der Waals surface area contributed by atoms with E-state index in [-0.39, 0.29) is 4.88 Å². The summed E-state index contributed by atoms with van der Waals surface area (Å²) in [6.07, 6.45) is 0. The van der Waals surface area contributed by atoms with Gasteiger partial charge >= 0.3 is 0 Å². The van der Waals surface area contributed by atoms with E-state index in [0.717, 1.165) is 22.6 Å². The number of carboxylic acid groups (broad SMARTS) is 1. The molecule has 0 unspecified atom stereocenters. The molecule has 1 aromatic carbocycles. The molecule has 1 aromatic heterocycles. The van der Waals surface area contributed by atoms with Crippen molar-refractivity contribution in [3.8, 4) is 5.75 Å². The van der Waals surface area contributed by atoms with Crippen molar-refractivity contribution in [2.24, 2.45) is 0 Å². The van der Waals surface area contributed by atoms with Gasteiger partial charge in [0, 0.05) is 0 Å². The molecule has 0 saturated heterocycles. The van der Waals surface area contributed by atoms with Crippen LogP contribution in [0.5, 0.6) is 5.75 Å². The third-order valence-electron chi connectivity index (χ3n) is 2.95. The second kappa shape index (κ2) is 6.58. The Balaban J connectivity index is 1.84. The van der Waals surface area contributed by atoms with Gasteiger partial charge in [0.15, 0.2) is 5.13 Å². The molecule has 21 heavy (non-hydrogen) atoms. The van der Waals surface area contributed by atoms with Gasteiger partial charge in [-0.2, -0.15) is 0 Å². The van der Waals surface area contributed by atoms with Crippen LogP contribution in [0, 0.1) is 20.8 Å². The maximum atomic E-state index is 10.8. The number of carbonyl (C=O) groups is 1. The molecule has 2 aromatic rings. The van der Waals surface area contributed by atoms with Crippen LogP contribution >= 0.6 is 11.3 Å². The molecule has 1 heterocycles. The maximum Gasteiger partial charge on any atom is 0.183 e. The Labute approximate surface area is 127 Å². The number of hydrogen-bond donors (Lipinski definition) is 1. The number of rotatable bonds is 6. The van der Waals surface area contributed by atoms with Crippen LogP contribution in [0.2, 0.25) is 0 Å². The highest BCUT2D eigenvalue weighted by Gasteiger charge is 2.07. The minimum Gasteiger partial charge on any atom is -0.544 e. The largest absolute Gasteiger partial charge is 0.544 e. The first-order valence-electron chi connectivity index (χ1n) is 6.60. The van der Waals surface area contributed by atoms with Gasteiger partial charge in [-0.1, -0.05) is 29.0 Å². The molecule has 0 amide bonds. The zero-order chi connectivity index (χ0) is 15.4. The van der Waals surface area contributed by atoms with Crippen molar-refractivity contribution in [3.63, 3.8) is 0 Å². The Bertz CT molecular complexity index is 652. The highest BCUT2D eigenvalue weighted by molar-refractivity contribution is 7.17. The SMILES string of the molecule is Cc1ccc(OCCNc2nc(C)c(C(=O)[O-])s2)c(C)c1. The van der Waals surface area contributed by atoms with Crippen molar-refractivity contribution in [2.75, 3.05) is 18.5 Å². The molecular formula is C15H17N2O3S-. The molecule has 0 aliphatic rings. The van der Waals surface area contributed by atoms with Gasteiger partial charge in [0.25, 0.3) is 0 Å². The van der Waals surface area contributed by atoms with Crippen LogP contribution in [0.25, 0.3) is 0 Å². The molecule has 2 rings (SSSR count). The Morgan fingerprint density at radius 3 is 2.76 bits per heavy atom. The predicted octanol–water partition coefficient (Wildman–Crippen LogP) is 1.92. The number of carbonyl (C=O) groups excluding carboxylic acids is 1. The van der Waals surface area contributed by atoms with Crippen molar-refractivity contribution in [2.45, 2.75) is 20.8 Å². The summed E-state index contributed by atoms with van der Waals surface area (Å²) in [5, 5.41) is 14.4. The lowest BCUT2D eigenvalue weighted by molar-refractivity contribution is -0.254. The van der Waals surface area contributed by atoms with E-state index in [4.69, 9.17) is 4.74 Å². The van der Waals surface area contributed by atoms with Crippen LogP contribution in [0.1, 0.15) is 26.5 Å². The fraction of sp³-hybridized carbons (Fsp3) is 0.333. The number of nitrogens with one attached hydrogen (secondary N) is 1. The number of aromatic nitrogens is 1. The van der Waals surface area contributed by atoms with Crippen molar-refractivity contribution in [3.05, 3.63) is 39.9 Å². The fourth-order valence-corrected chi connectivity index (χ4v) is 2.77. The van der Waals surface area contributed by atoms with E-state index >= 15 is 0 Å². The van der Waals surface area contributed by atoms with Crippen LogP contribution in [0.15, 0.2) is 18.2 Å². The van der Waals surface area contributed by atoms with E-state index in [1.165, 1.54) is 5.56 Å². The normalized spacial score (nSPS) is 10.4. The maximum absolute atomic E-state index is 10.8. The van der Waals surface area contributed by atoms with Gasteiger partial charge in [-0.25, -0.2) is 4.98 Å². The Kier molecular flexibility index (Phi) is 4.80.